The summed E-state index contributed by atoms with van der Waals surface area (Å²) in [5, 5.41) is 14.5. The van der Waals surface area contributed by atoms with Crippen molar-refractivity contribution in [3.05, 3.63) is 65.6 Å². The minimum atomic E-state index is -0.389. The van der Waals surface area contributed by atoms with Gasteiger partial charge in [0.05, 0.1) is 6.54 Å². The summed E-state index contributed by atoms with van der Waals surface area (Å²) < 4.78 is 0. The minimum Gasteiger partial charge on any atom is -0.383 e. The quantitative estimate of drug-likeness (QED) is 0.284. The molecule has 0 unspecified atom stereocenters. The standard InChI is InChI=1S/C15H18N5O2/c21-20(22)19-15(18-14-9-5-2-6-10-14)17-12-11-16-13-7-3-1-4-8-13/h1-10,16H,11-12H2,(H,21,22)(H2,17,18,19)/q+1. The van der Waals surface area contributed by atoms with Crippen molar-refractivity contribution in [1.29, 1.82) is 0 Å². The Hall–Kier alpha value is -3.09. The number of hydrazine groups is 1. The van der Waals surface area contributed by atoms with Crippen LogP contribution in [0.1, 0.15) is 0 Å². The Labute approximate surface area is 128 Å². The van der Waals surface area contributed by atoms with Gasteiger partial charge in [-0.25, -0.2) is 10.2 Å². The number of rotatable bonds is 6. The third-order valence-electron chi connectivity index (χ3n) is 2.72. The van der Waals surface area contributed by atoms with Crippen molar-refractivity contribution in [1.82, 2.24) is 5.43 Å². The highest BCUT2D eigenvalue weighted by atomic mass is 16.7. The average Bonchev–Trinajstić information content (AvgIpc) is 2.53. The van der Waals surface area contributed by atoms with Crippen LogP contribution in [0, 0.1) is 4.91 Å². The molecule has 4 N–H and O–H groups in total. The second kappa shape index (κ2) is 8.25. The molecule has 0 saturated carbocycles. The second-order valence-electron chi connectivity index (χ2n) is 4.40. The van der Waals surface area contributed by atoms with E-state index in [1.165, 1.54) is 0 Å². The highest BCUT2D eigenvalue weighted by Gasteiger charge is 2.09. The van der Waals surface area contributed by atoms with E-state index in [-0.39, 0.29) is 11.0 Å². The van der Waals surface area contributed by atoms with E-state index in [2.05, 4.69) is 21.1 Å². The number of benzene rings is 2. The Morgan fingerprint density at radius 2 is 1.59 bits per heavy atom. The zero-order valence-corrected chi connectivity index (χ0v) is 11.9. The van der Waals surface area contributed by atoms with Gasteiger partial charge < -0.3 is 10.6 Å². The molecule has 0 atom stereocenters. The lowest BCUT2D eigenvalue weighted by Crippen LogP contribution is -2.36. The molecule has 7 heteroatoms. The maximum Gasteiger partial charge on any atom is 0.362 e. The molecule has 0 radical (unpaired) electrons. The van der Waals surface area contributed by atoms with E-state index in [4.69, 9.17) is 5.21 Å². The Kier molecular flexibility index (Phi) is 5.74. The number of aliphatic imine (C=N–C) groups is 1. The Morgan fingerprint density at radius 1 is 1.00 bits per heavy atom. The van der Waals surface area contributed by atoms with Crippen LogP contribution >= 0.6 is 0 Å². The summed E-state index contributed by atoms with van der Waals surface area (Å²) in [6.07, 6.45) is 0. The highest BCUT2D eigenvalue weighted by molar-refractivity contribution is 5.92. The molecule has 0 aliphatic heterocycles. The number of hydrogen-bond acceptors (Lipinski definition) is 3. The first-order chi connectivity index (χ1) is 10.7. The van der Waals surface area contributed by atoms with Crippen molar-refractivity contribution in [2.75, 3.05) is 23.7 Å². The van der Waals surface area contributed by atoms with Gasteiger partial charge in [0.25, 0.3) is 5.96 Å². The first kappa shape index (κ1) is 15.3. The van der Waals surface area contributed by atoms with Gasteiger partial charge >= 0.3 is 5.03 Å². The van der Waals surface area contributed by atoms with Crippen LogP contribution in [0.15, 0.2) is 65.7 Å². The molecular formula is C15H18N5O2+. The van der Waals surface area contributed by atoms with Crippen LogP contribution in [0.4, 0.5) is 11.4 Å². The maximum absolute atomic E-state index is 10.7. The van der Waals surface area contributed by atoms with Crippen molar-refractivity contribution < 1.29 is 10.2 Å². The number of anilines is 2. The molecule has 0 amide bonds. The highest BCUT2D eigenvalue weighted by Crippen LogP contribution is 2.05. The molecule has 0 saturated heterocycles. The van der Waals surface area contributed by atoms with E-state index >= 15 is 0 Å². The van der Waals surface area contributed by atoms with Gasteiger partial charge in [-0.05, 0) is 29.7 Å². The zero-order valence-electron chi connectivity index (χ0n) is 11.9. The Balaban J connectivity index is 1.89. The fourth-order valence-electron chi connectivity index (χ4n) is 1.78. The van der Waals surface area contributed by atoms with Crippen LogP contribution < -0.4 is 16.1 Å². The van der Waals surface area contributed by atoms with E-state index in [9.17, 15) is 4.91 Å². The van der Waals surface area contributed by atoms with Crippen molar-refractivity contribution >= 4 is 17.3 Å². The molecule has 0 bridgehead atoms. The van der Waals surface area contributed by atoms with Gasteiger partial charge in [0.15, 0.2) is 0 Å². The topological polar surface area (TPSA) is 88.8 Å². The summed E-state index contributed by atoms with van der Waals surface area (Å²) in [6, 6.07) is 19.0. The van der Waals surface area contributed by atoms with Gasteiger partial charge in [0.2, 0.25) is 0 Å². The van der Waals surface area contributed by atoms with E-state index in [1.54, 1.807) is 0 Å². The summed E-state index contributed by atoms with van der Waals surface area (Å²) in [6.45, 7) is 1.01. The molecule has 0 aromatic heterocycles. The molecule has 22 heavy (non-hydrogen) atoms. The predicted molar refractivity (Wildman–Crippen MR) is 85.8 cm³/mol. The van der Waals surface area contributed by atoms with Gasteiger partial charge in [-0.15, -0.1) is 0 Å². The molecule has 0 aliphatic rings. The molecule has 114 valence electrons. The SMILES string of the molecule is O=[N+](O)NC(=NCCNc1ccccc1)Nc1ccccc1. The van der Waals surface area contributed by atoms with E-state index in [0.29, 0.717) is 13.1 Å². The van der Waals surface area contributed by atoms with Crippen LogP contribution in [-0.2, 0) is 0 Å². The monoisotopic (exact) mass is 300 g/mol. The molecule has 0 aliphatic carbocycles. The van der Waals surface area contributed by atoms with Crippen molar-refractivity contribution in [3.8, 4) is 0 Å². The van der Waals surface area contributed by atoms with Crippen LogP contribution in [0.2, 0.25) is 0 Å². The summed E-state index contributed by atoms with van der Waals surface area (Å²) >= 11 is 0. The fraction of sp³-hybridized carbons (Fsp3) is 0.133. The van der Waals surface area contributed by atoms with Crippen molar-refractivity contribution in [3.63, 3.8) is 0 Å². The van der Waals surface area contributed by atoms with E-state index in [1.807, 2.05) is 60.7 Å². The summed E-state index contributed by atoms with van der Waals surface area (Å²) in [5.41, 5.74) is 3.92. The number of nitrogens with one attached hydrogen (secondary N) is 3. The first-order valence-corrected chi connectivity index (χ1v) is 6.82. The third kappa shape index (κ3) is 5.49. The normalized spacial score (nSPS) is 10.8. The molecular weight excluding hydrogens is 282 g/mol. The molecule has 2 aromatic rings. The van der Waals surface area contributed by atoms with Gasteiger partial charge in [-0.1, -0.05) is 36.4 Å². The zero-order chi connectivity index (χ0) is 15.6. The Bertz CT molecular complexity index is 616. The summed E-state index contributed by atoms with van der Waals surface area (Å²) in [5.74, 6) is 0.165. The summed E-state index contributed by atoms with van der Waals surface area (Å²) in [4.78, 5) is 14.9. The van der Waals surface area contributed by atoms with Crippen molar-refractivity contribution in [2.45, 2.75) is 0 Å². The number of hydrogen-bond donors (Lipinski definition) is 4. The lowest BCUT2D eigenvalue weighted by Gasteiger charge is -2.07. The Morgan fingerprint density at radius 3 is 2.18 bits per heavy atom. The molecule has 0 spiro atoms. The van der Waals surface area contributed by atoms with Crippen LogP contribution in [0.5, 0.6) is 0 Å². The van der Waals surface area contributed by atoms with Gasteiger partial charge in [-0.3, -0.25) is 0 Å². The molecule has 0 fully saturated rings. The van der Waals surface area contributed by atoms with Crippen LogP contribution in [0.3, 0.4) is 0 Å². The largest absolute Gasteiger partial charge is 0.383 e. The number of nitrogens with zero attached hydrogens (tertiary/aromatic N) is 2. The predicted octanol–water partition coefficient (Wildman–Crippen LogP) is 2.24. The van der Waals surface area contributed by atoms with Gasteiger partial charge in [-0.2, -0.15) is 0 Å². The minimum absolute atomic E-state index is 0.165. The smallest absolute Gasteiger partial charge is 0.362 e. The number of para-hydroxylation sites is 2. The van der Waals surface area contributed by atoms with Gasteiger partial charge in [0, 0.05) is 17.9 Å². The average molecular weight is 300 g/mol. The van der Waals surface area contributed by atoms with E-state index in [0.717, 1.165) is 11.4 Å². The molecule has 2 aromatic carbocycles. The second-order valence-corrected chi connectivity index (χ2v) is 4.40. The molecule has 2 rings (SSSR count). The van der Waals surface area contributed by atoms with Crippen molar-refractivity contribution in [2.24, 2.45) is 4.99 Å². The maximum atomic E-state index is 10.7. The molecule has 7 nitrogen and oxygen atoms in total. The molecule has 0 heterocycles. The van der Waals surface area contributed by atoms with Gasteiger partial charge in [0.1, 0.15) is 4.91 Å². The third-order valence-corrected chi connectivity index (χ3v) is 2.72. The first-order valence-electron chi connectivity index (χ1n) is 6.82. The van der Waals surface area contributed by atoms with Crippen LogP contribution in [-0.4, -0.2) is 29.3 Å². The lowest BCUT2D eigenvalue weighted by atomic mass is 10.3. The van der Waals surface area contributed by atoms with E-state index < -0.39 is 0 Å². The lowest BCUT2D eigenvalue weighted by molar-refractivity contribution is -0.822. The fourth-order valence-corrected chi connectivity index (χ4v) is 1.78. The number of guanidine groups is 1. The van der Waals surface area contributed by atoms with Crippen LogP contribution in [0.25, 0.3) is 0 Å². The summed E-state index contributed by atoms with van der Waals surface area (Å²) in [7, 11) is 0.